The van der Waals surface area contributed by atoms with Crippen molar-refractivity contribution >= 4 is 0 Å². The average molecular weight is 297 g/mol. The van der Waals surface area contributed by atoms with Gasteiger partial charge in [0.15, 0.2) is 6.23 Å². The summed E-state index contributed by atoms with van der Waals surface area (Å²) < 4.78 is 6.00. The van der Waals surface area contributed by atoms with E-state index in [4.69, 9.17) is 4.74 Å². The quantitative estimate of drug-likeness (QED) is 0.437. The molecule has 21 heavy (non-hydrogen) atoms. The highest BCUT2D eigenvalue weighted by atomic mass is 16.6. The number of aromatic amines is 1. The van der Waals surface area contributed by atoms with Crippen molar-refractivity contribution in [1.82, 2.24) is 14.8 Å². The number of ether oxygens (including phenoxy) is 1. The second-order valence-corrected chi connectivity index (χ2v) is 4.72. The lowest BCUT2D eigenvalue weighted by Crippen LogP contribution is -2.49. The number of hydrogen-bond donors (Lipinski definition) is 4. The molecule has 0 radical (unpaired) electrons. The fourth-order valence-corrected chi connectivity index (χ4v) is 2.21. The van der Waals surface area contributed by atoms with Gasteiger partial charge in [0.1, 0.15) is 18.4 Å². The lowest BCUT2D eigenvalue weighted by atomic mass is 9.93. The minimum absolute atomic E-state index is 0.664. The zero-order valence-electron chi connectivity index (χ0n) is 11.3. The van der Waals surface area contributed by atoms with E-state index in [0.717, 1.165) is 6.20 Å². The zero-order chi connectivity index (χ0) is 15.8. The lowest BCUT2D eigenvalue weighted by molar-refractivity contribution is -0.0947. The van der Waals surface area contributed by atoms with Gasteiger partial charge in [-0.15, -0.1) is 5.92 Å². The van der Waals surface area contributed by atoms with Crippen LogP contribution in [0, 0.1) is 11.8 Å². The molecule has 1 aliphatic heterocycles. The molecule has 0 saturated carbocycles. The third-order valence-corrected chi connectivity index (χ3v) is 3.19. The number of nitrogens with zero attached hydrogens (tertiary/aromatic N) is 2. The average Bonchev–Trinajstić information content (AvgIpc) is 2.64. The number of aliphatic hydroxyl groups excluding tert-OH is 2. The molecule has 1 unspecified atom stereocenters. The third kappa shape index (κ3) is 2.50. The molecule has 4 N–H and O–H groups in total. The lowest BCUT2D eigenvalue weighted by Gasteiger charge is -2.25. The van der Waals surface area contributed by atoms with Crippen molar-refractivity contribution in [3.05, 3.63) is 27.0 Å². The summed E-state index contributed by atoms with van der Waals surface area (Å²) in [5.41, 5.74) is -3.79. The predicted octanol–water partition coefficient (Wildman–Crippen LogP) is -2.67. The van der Waals surface area contributed by atoms with Gasteiger partial charge in [-0.05, 0) is 13.8 Å². The minimum Gasteiger partial charge on any atom is -0.391 e. The molecule has 0 bridgehead atoms. The molecule has 5 atom stereocenters. The third-order valence-electron chi connectivity index (χ3n) is 3.19. The molecule has 9 nitrogen and oxygen atoms in total. The Morgan fingerprint density at radius 3 is 2.76 bits per heavy atom. The molecule has 1 saturated heterocycles. The monoisotopic (exact) mass is 297 g/mol. The van der Waals surface area contributed by atoms with Gasteiger partial charge in [0.05, 0.1) is 6.10 Å². The molecule has 1 aliphatic rings. The molecule has 2 heterocycles. The molecule has 2 rings (SSSR count). The first kappa shape index (κ1) is 15.4. The van der Waals surface area contributed by atoms with Crippen molar-refractivity contribution < 1.29 is 20.1 Å². The summed E-state index contributed by atoms with van der Waals surface area (Å²) in [5, 5.41) is 33.8. The van der Waals surface area contributed by atoms with E-state index in [-0.39, 0.29) is 0 Å². The summed E-state index contributed by atoms with van der Waals surface area (Å²) in [5.74, 6) is 4.81. The van der Waals surface area contributed by atoms with Crippen LogP contribution >= 0.6 is 0 Å². The van der Waals surface area contributed by atoms with Crippen molar-refractivity contribution in [2.24, 2.45) is 0 Å². The van der Waals surface area contributed by atoms with E-state index >= 15 is 0 Å². The van der Waals surface area contributed by atoms with Crippen LogP contribution < -0.4 is 11.2 Å². The van der Waals surface area contributed by atoms with Crippen LogP contribution in [0.5, 0.6) is 0 Å². The predicted molar refractivity (Wildman–Crippen MR) is 69.1 cm³/mol. The number of nitrogens with one attached hydrogen (secondary N) is 1. The first-order valence-electron chi connectivity index (χ1n) is 6.17. The normalized spacial score (nSPS) is 33.3. The molecule has 1 fully saturated rings. The summed E-state index contributed by atoms with van der Waals surface area (Å²) in [6.45, 7) is 2.79. The molecule has 0 aliphatic carbocycles. The highest BCUT2D eigenvalue weighted by Crippen LogP contribution is 2.38. The second kappa shape index (κ2) is 5.42. The number of aliphatic hydroxyl groups is 3. The summed E-state index contributed by atoms with van der Waals surface area (Å²) in [6, 6.07) is 0. The fraction of sp³-hybridized carbons (Fsp3) is 0.583. The van der Waals surface area contributed by atoms with Crippen molar-refractivity contribution in [2.75, 3.05) is 0 Å². The van der Waals surface area contributed by atoms with Gasteiger partial charge in [-0.3, -0.25) is 9.78 Å². The first-order valence-corrected chi connectivity index (χ1v) is 6.17. The Morgan fingerprint density at radius 2 is 2.24 bits per heavy atom. The summed E-state index contributed by atoms with van der Waals surface area (Å²) >= 11 is 0. The Balaban J connectivity index is 2.56. The highest BCUT2D eigenvalue weighted by Gasteiger charge is 2.57. The molecule has 0 amide bonds. The Bertz CT molecular complexity index is 699. The summed E-state index contributed by atoms with van der Waals surface area (Å²) in [4.78, 5) is 24.8. The minimum atomic E-state index is -2.15. The standard InChI is InChI=1S/C12H15N3O6/c1-3-4-12(20)9(18)8(6(2)16)21-10(12)15-11(19)14-7(17)5-13-15/h5-6,8-10,16,18,20H,1-2H3,(H,14,17,19)/t6-,8-,9+,10-,12?/m1/s1. The van der Waals surface area contributed by atoms with Crippen LogP contribution in [0.3, 0.4) is 0 Å². The van der Waals surface area contributed by atoms with Gasteiger partial charge < -0.3 is 20.1 Å². The van der Waals surface area contributed by atoms with Gasteiger partial charge >= 0.3 is 5.69 Å². The molecule has 0 aromatic carbocycles. The Morgan fingerprint density at radius 1 is 1.57 bits per heavy atom. The van der Waals surface area contributed by atoms with Crippen LogP contribution in [0.2, 0.25) is 0 Å². The van der Waals surface area contributed by atoms with E-state index in [9.17, 15) is 24.9 Å². The summed E-state index contributed by atoms with van der Waals surface area (Å²) in [7, 11) is 0. The maximum atomic E-state index is 11.8. The van der Waals surface area contributed by atoms with E-state index in [1.165, 1.54) is 13.8 Å². The van der Waals surface area contributed by atoms with E-state index in [0.29, 0.717) is 4.68 Å². The second-order valence-electron chi connectivity index (χ2n) is 4.72. The molecule has 0 spiro atoms. The molecule has 1 aromatic rings. The van der Waals surface area contributed by atoms with Crippen LogP contribution in [0.25, 0.3) is 0 Å². The first-order chi connectivity index (χ1) is 9.81. The van der Waals surface area contributed by atoms with Crippen molar-refractivity contribution in [3.8, 4) is 11.8 Å². The van der Waals surface area contributed by atoms with Gasteiger partial charge in [0.25, 0.3) is 5.56 Å². The van der Waals surface area contributed by atoms with Crippen LogP contribution in [0.1, 0.15) is 20.1 Å². The number of aromatic nitrogens is 3. The molecular weight excluding hydrogens is 282 g/mol. The van der Waals surface area contributed by atoms with E-state index in [2.05, 4.69) is 16.9 Å². The van der Waals surface area contributed by atoms with Crippen molar-refractivity contribution in [2.45, 2.75) is 44.0 Å². The van der Waals surface area contributed by atoms with Crippen molar-refractivity contribution in [3.63, 3.8) is 0 Å². The van der Waals surface area contributed by atoms with E-state index < -0.39 is 41.4 Å². The van der Waals surface area contributed by atoms with Gasteiger partial charge in [-0.1, -0.05) is 5.92 Å². The number of hydrogen-bond acceptors (Lipinski definition) is 7. The van der Waals surface area contributed by atoms with Crippen LogP contribution in [0.15, 0.2) is 15.8 Å². The molecule has 9 heteroatoms. The largest absolute Gasteiger partial charge is 0.391 e. The van der Waals surface area contributed by atoms with Crippen LogP contribution in [0.4, 0.5) is 0 Å². The SMILES string of the molecule is CC#CC1(O)[C@@H](O)[C@@H]([C@@H](C)O)O[C@H]1n1ncc(=O)[nH]c1=O. The van der Waals surface area contributed by atoms with Crippen molar-refractivity contribution in [1.29, 1.82) is 0 Å². The molecule has 114 valence electrons. The maximum absolute atomic E-state index is 11.8. The van der Waals surface area contributed by atoms with Crippen LogP contribution in [-0.2, 0) is 4.74 Å². The number of rotatable bonds is 2. The Hall–Kier alpha value is -1.99. The van der Waals surface area contributed by atoms with Gasteiger partial charge in [0, 0.05) is 0 Å². The smallest absolute Gasteiger partial charge is 0.347 e. The molecule has 1 aromatic heterocycles. The highest BCUT2D eigenvalue weighted by molar-refractivity contribution is 5.22. The Labute approximate surface area is 118 Å². The fourth-order valence-electron chi connectivity index (χ4n) is 2.21. The topological polar surface area (TPSA) is 138 Å². The summed E-state index contributed by atoms with van der Waals surface area (Å²) in [6.07, 6.45) is -4.48. The maximum Gasteiger partial charge on any atom is 0.347 e. The van der Waals surface area contributed by atoms with Crippen LogP contribution in [-0.4, -0.2) is 54.0 Å². The van der Waals surface area contributed by atoms with Gasteiger partial charge in [-0.2, -0.15) is 9.78 Å². The Kier molecular flexibility index (Phi) is 3.97. The molecular formula is C12H15N3O6. The zero-order valence-corrected chi connectivity index (χ0v) is 11.3. The van der Waals surface area contributed by atoms with E-state index in [1.807, 2.05) is 4.98 Å². The van der Waals surface area contributed by atoms with Gasteiger partial charge in [0.2, 0.25) is 5.60 Å². The van der Waals surface area contributed by atoms with E-state index in [1.54, 1.807) is 0 Å². The van der Waals surface area contributed by atoms with Gasteiger partial charge in [-0.25, -0.2) is 4.79 Å². The number of H-pyrrole nitrogens is 1.